The maximum Gasteiger partial charge on any atom is 0.261 e. The number of pyridine rings is 1. The van der Waals surface area contributed by atoms with Crippen molar-refractivity contribution in [2.75, 3.05) is 0 Å². The molecule has 0 saturated heterocycles. The van der Waals surface area contributed by atoms with Crippen LogP contribution in [0.4, 0.5) is 0 Å². The van der Waals surface area contributed by atoms with Crippen molar-refractivity contribution in [3.8, 4) is 17.5 Å². The summed E-state index contributed by atoms with van der Waals surface area (Å²) in [6, 6.07) is 6.64. The summed E-state index contributed by atoms with van der Waals surface area (Å²) in [7, 11) is 0. The smallest absolute Gasteiger partial charge is 0.261 e. The van der Waals surface area contributed by atoms with E-state index in [4.69, 9.17) is 16.7 Å². The maximum absolute atomic E-state index is 11.1. The zero-order valence-electron chi connectivity index (χ0n) is 10.3. The van der Waals surface area contributed by atoms with Crippen molar-refractivity contribution in [1.29, 1.82) is 5.26 Å². The Morgan fingerprint density at radius 2 is 1.85 bits per heavy atom. The lowest BCUT2D eigenvalue weighted by atomic mass is 10.1. The first-order valence-electron chi connectivity index (χ1n) is 5.57. The molecule has 7 heteroatoms. The van der Waals surface area contributed by atoms with Crippen molar-refractivity contribution in [2.45, 2.75) is 0 Å². The van der Waals surface area contributed by atoms with E-state index in [0.29, 0.717) is 5.82 Å². The van der Waals surface area contributed by atoms with Crippen molar-refractivity contribution in [3.63, 3.8) is 0 Å². The molecule has 0 fully saturated rings. The van der Waals surface area contributed by atoms with Crippen molar-refractivity contribution >= 4 is 11.6 Å². The van der Waals surface area contributed by atoms with Gasteiger partial charge in [-0.3, -0.25) is 9.78 Å². The Bertz CT molecular complexity index is 717. The molecule has 2 aromatic heterocycles. The summed E-state index contributed by atoms with van der Waals surface area (Å²) < 4.78 is 0. The quantitative estimate of drug-likeness (QED) is 0.603. The normalized spacial score (nSPS) is 11.3. The van der Waals surface area contributed by atoms with E-state index < -0.39 is 5.91 Å². The lowest BCUT2D eigenvalue weighted by Crippen LogP contribution is -2.17. The van der Waals surface area contributed by atoms with Crippen LogP contribution in [0.2, 0.25) is 0 Å². The fourth-order valence-electron chi connectivity index (χ4n) is 1.52. The maximum atomic E-state index is 11.1. The first-order chi connectivity index (χ1) is 9.63. The third kappa shape index (κ3) is 2.59. The summed E-state index contributed by atoms with van der Waals surface area (Å²) in [5.41, 5.74) is 11.4. The van der Waals surface area contributed by atoms with E-state index in [2.05, 4.69) is 15.0 Å². The summed E-state index contributed by atoms with van der Waals surface area (Å²) in [6.45, 7) is 0. The average Bonchev–Trinajstić information content (AvgIpc) is 2.48. The second-order valence-corrected chi connectivity index (χ2v) is 3.77. The number of aromatic nitrogens is 3. The monoisotopic (exact) mass is 266 g/mol. The molecule has 0 spiro atoms. The average molecular weight is 266 g/mol. The first-order valence-corrected chi connectivity index (χ1v) is 5.57. The van der Waals surface area contributed by atoms with Crippen LogP contribution in [0.3, 0.4) is 0 Å². The Morgan fingerprint density at radius 3 is 2.45 bits per heavy atom. The number of primary amides is 1. The molecule has 7 nitrogen and oxygen atoms in total. The van der Waals surface area contributed by atoms with E-state index in [-0.39, 0.29) is 17.0 Å². The Balaban J connectivity index is 2.51. The molecule has 0 aliphatic heterocycles. The van der Waals surface area contributed by atoms with Gasteiger partial charge in [-0.25, -0.2) is 9.97 Å². The zero-order valence-corrected chi connectivity index (χ0v) is 10.3. The number of hydrogen-bond acceptors (Lipinski definition) is 6. The molecule has 4 N–H and O–H groups in total. The van der Waals surface area contributed by atoms with Gasteiger partial charge in [0.2, 0.25) is 0 Å². The van der Waals surface area contributed by atoms with Gasteiger partial charge in [0.25, 0.3) is 5.91 Å². The predicted molar refractivity (Wildman–Crippen MR) is 71.2 cm³/mol. The summed E-state index contributed by atoms with van der Waals surface area (Å²) in [4.78, 5) is 23.3. The molecule has 1 amide bonds. The van der Waals surface area contributed by atoms with Gasteiger partial charge >= 0.3 is 0 Å². The van der Waals surface area contributed by atoms with Gasteiger partial charge in [0.1, 0.15) is 11.6 Å². The number of carbonyl (C=O) groups is 1. The Kier molecular flexibility index (Phi) is 3.67. The van der Waals surface area contributed by atoms with Crippen LogP contribution in [0, 0.1) is 11.3 Å². The number of hydrogen-bond donors (Lipinski definition) is 2. The van der Waals surface area contributed by atoms with Gasteiger partial charge in [-0.05, 0) is 18.2 Å². The van der Waals surface area contributed by atoms with Crippen LogP contribution >= 0.6 is 0 Å². The Morgan fingerprint density at radius 1 is 1.15 bits per heavy atom. The molecule has 0 bridgehead atoms. The molecule has 0 aliphatic carbocycles. The molecule has 2 heterocycles. The van der Waals surface area contributed by atoms with E-state index in [1.54, 1.807) is 30.6 Å². The van der Waals surface area contributed by atoms with Crippen molar-refractivity contribution in [3.05, 3.63) is 48.1 Å². The third-order valence-corrected chi connectivity index (χ3v) is 2.50. The van der Waals surface area contributed by atoms with E-state index in [0.717, 1.165) is 5.56 Å². The highest BCUT2D eigenvalue weighted by atomic mass is 16.1. The van der Waals surface area contributed by atoms with E-state index >= 15 is 0 Å². The molecule has 0 atom stereocenters. The molecular formula is C13H10N6O. The summed E-state index contributed by atoms with van der Waals surface area (Å²) >= 11 is 0. The Hall–Kier alpha value is -3.27. The lowest BCUT2D eigenvalue weighted by Gasteiger charge is -2.05. The molecule has 98 valence electrons. The number of rotatable bonds is 3. The zero-order chi connectivity index (χ0) is 14.5. The molecular weight excluding hydrogens is 256 g/mol. The SMILES string of the molecule is N#CC(C(N)=O)=C(N)c1ccnc(-c2ccncc2)n1. The van der Waals surface area contributed by atoms with Gasteiger partial charge in [0, 0.05) is 24.2 Å². The van der Waals surface area contributed by atoms with E-state index in [1.807, 2.05) is 0 Å². The first kappa shape index (κ1) is 13.2. The number of carbonyl (C=O) groups excluding carboxylic acids is 1. The summed E-state index contributed by atoms with van der Waals surface area (Å²) in [6.07, 6.45) is 4.70. The minimum absolute atomic E-state index is 0.0716. The van der Waals surface area contributed by atoms with Crippen LogP contribution in [0.25, 0.3) is 17.1 Å². The fourth-order valence-corrected chi connectivity index (χ4v) is 1.52. The highest BCUT2D eigenvalue weighted by Crippen LogP contribution is 2.16. The summed E-state index contributed by atoms with van der Waals surface area (Å²) in [5, 5.41) is 8.87. The Labute approximate surface area is 114 Å². The van der Waals surface area contributed by atoms with Crippen LogP contribution in [0.15, 0.2) is 42.4 Å². The molecule has 0 unspecified atom stereocenters. The van der Waals surface area contributed by atoms with E-state index in [9.17, 15) is 4.79 Å². The second kappa shape index (κ2) is 5.58. The highest BCUT2D eigenvalue weighted by Gasteiger charge is 2.13. The highest BCUT2D eigenvalue weighted by molar-refractivity contribution is 6.03. The minimum atomic E-state index is -0.894. The van der Waals surface area contributed by atoms with E-state index in [1.165, 1.54) is 12.3 Å². The second-order valence-electron chi connectivity index (χ2n) is 3.77. The van der Waals surface area contributed by atoms with Gasteiger partial charge < -0.3 is 11.5 Å². The van der Waals surface area contributed by atoms with Gasteiger partial charge in [-0.1, -0.05) is 0 Å². The molecule has 0 saturated carbocycles. The van der Waals surface area contributed by atoms with Gasteiger partial charge in [-0.15, -0.1) is 0 Å². The fraction of sp³-hybridized carbons (Fsp3) is 0. The van der Waals surface area contributed by atoms with Crippen molar-refractivity contribution in [1.82, 2.24) is 15.0 Å². The minimum Gasteiger partial charge on any atom is -0.396 e. The molecule has 2 aromatic rings. The topological polar surface area (TPSA) is 132 Å². The standard InChI is InChI=1S/C13H10N6O/c14-7-9(12(16)20)11(15)10-3-6-18-13(19-10)8-1-4-17-5-2-8/h1-6H,15H2,(H2,16,20). The molecule has 0 radical (unpaired) electrons. The van der Waals surface area contributed by atoms with Crippen LogP contribution in [0.1, 0.15) is 5.69 Å². The van der Waals surface area contributed by atoms with Crippen molar-refractivity contribution < 1.29 is 4.79 Å². The molecule has 20 heavy (non-hydrogen) atoms. The van der Waals surface area contributed by atoms with Gasteiger partial charge in [-0.2, -0.15) is 5.26 Å². The number of nitrogens with two attached hydrogens (primary N) is 2. The van der Waals surface area contributed by atoms with Crippen LogP contribution in [-0.2, 0) is 4.79 Å². The largest absolute Gasteiger partial charge is 0.396 e. The number of amides is 1. The number of nitrogens with zero attached hydrogens (tertiary/aromatic N) is 4. The third-order valence-electron chi connectivity index (χ3n) is 2.50. The molecule has 0 aromatic carbocycles. The van der Waals surface area contributed by atoms with Gasteiger partial charge in [0.05, 0.1) is 11.4 Å². The van der Waals surface area contributed by atoms with Crippen LogP contribution < -0.4 is 11.5 Å². The van der Waals surface area contributed by atoms with Crippen molar-refractivity contribution in [2.24, 2.45) is 11.5 Å². The van der Waals surface area contributed by atoms with Crippen LogP contribution in [-0.4, -0.2) is 20.9 Å². The molecule has 0 aliphatic rings. The van der Waals surface area contributed by atoms with Gasteiger partial charge in [0.15, 0.2) is 5.82 Å². The lowest BCUT2D eigenvalue weighted by molar-refractivity contribution is -0.114. The number of nitriles is 1. The summed E-state index contributed by atoms with van der Waals surface area (Å²) in [5.74, 6) is -0.483. The predicted octanol–water partition coefficient (Wildman–Crippen LogP) is 0.217. The van der Waals surface area contributed by atoms with Crippen LogP contribution in [0.5, 0.6) is 0 Å². The molecule has 2 rings (SSSR count).